The summed E-state index contributed by atoms with van der Waals surface area (Å²) in [6.45, 7) is 1.07. The molecule has 9 heteroatoms. The van der Waals surface area contributed by atoms with E-state index in [-0.39, 0.29) is 34.9 Å². The minimum absolute atomic E-state index is 0.00767. The van der Waals surface area contributed by atoms with Gasteiger partial charge in [-0.25, -0.2) is 4.39 Å². The summed E-state index contributed by atoms with van der Waals surface area (Å²) >= 11 is 0. The molecule has 3 aromatic rings. The van der Waals surface area contributed by atoms with E-state index in [1.54, 1.807) is 29.2 Å². The summed E-state index contributed by atoms with van der Waals surface area (Å²) < 4.78 is 61.2. The first kappa shape index (κ1) is 24.3. The second-order valence-electron chi connectivity index (χ2n) is 8.15. The third-order valence-electron chi connectivity index (χ3n) is 5.69. The lowest BCUT2D eigenvalue weighted by Gasteiger charge is -2.23. The van der Waals surface area contributed by atoms with E-state index in [0.717, 1.165) is 36.6 Å². The van der Waals surface area contributed by atoms with Crippen LogP contribution in [0.25, 0.3) is 0 Å². The number of ether oxygens (including phenoxy) is 1. The minimum Gasteiger partial charge on any atom is -0.485 e. The van der Waals surface area contributed by atoms with Gasteiger partial charge in [0.2, 0.25) is 0 Å². The molecular formula is C26H22F4N2O3. The van der Waals surface area contributed by atoms with Crippen LogP contribution in [0.1, 0.15) is 44.7 Å². The molecule has 0 aromatic heterocycles. The highest BCUT2D eigenvalue weighted by atomic mass is 19.4. The van der Waals surface area contributed by atoms with Gasteiger partial charge in [0, 0.05) is 30.0 Å². The normalized spacial score (nSPS) is 13.5. The molecule has 3 aromatic carbocycles. The first-order valence-corrected chi connectivity index (χ1v) is 11.0. The van der Waals surface area contributed by atoms with Crippen LogP contribution >= 0.6 is 0 Å². The number of hydrogen-bond donors (Lipinski definition) is 1. The predicted molar refractivity (Wildman–Crippen MR) is 123 cm³/mol. The molecule has 1 N–H and O–H groups in total. The highest BCUT2D eigenvalue weighted by Crippen LogP contribution is 2.39. The van der Waals surface area contributed by atoms with Crippen LogP contribution in [0, 0.1) is 5.82 Å². The number of anilines is 2. The number of rotatable bonds is 7. The topological polar surface area (TPSA) is 58.6 Å². The molecule has 1 aliphatic rings. The second kappa shape index (κ2) is 10.2. The second-order valence-corrected chi connectivity index (χ2v) is 8.15. The van der Waals surface area contributed by atoms with Crippen molar-refractivity contribution in [1.82, 2.24) is 0 Å². The van der Waals surface area contributed by atoms with Crippen molar-refractivity contribution in [3.05, 3.63) is 88.7 Å². The molecule has 5 nitrogen and oxygen atoms in total. The molecule has 1 saturated heterocycles. The van der Waals surface area contributed by atoms with Gasteiger partial charge in [0.05, 0.1) is 11.1 Å². The zero-order chi connectivity index (χ0) is 25.0. The molecule has 0 saturated carbocycles. The molecular weight excluding hydrogens is 464 g/mol. The van der Waals surface area contributed by atoms with Crippen molar-refractivity contribution in [2.24, 2.45) is 0 Å². The largest absolute Gasteiger partial charge is 0.485 e. The Kier molecular flexibility index (Phi) is 7.04. The van der Waals surface area contributed by atoms with Gasteiger partial charge in [0.15, 0.2) is 17.9 Å². The Labute approximate surface area is 199 Å². The lowest BCUT2D eigenvalue weighted by molar-refractivity contribution is -0.137. The van der Waals surface area contributed by atoms with E-state index < -0.39 is 23.5 Å². The number of hydrogen-bond acceptors (Lipinski definition) is 4. The average molecular weight is 486 g/mol. The highest BCUT2D eigenvalue weighted by Gasteiger charge is 2.36. The van der Waals surface area contributed by atoms with Crippen LogP contribution in [0.4, 0.5) is 28.9 Å². The lowest BCUT2D eigenvalue weighted by Crippen LogP contribution is -2.22. The fraction of sp³-hybridized carbons (Fsp3) is 0.231. The van der Waals surface area contributed by atoms with Gasteiger partial charge in [-0.15, -0.1) is 0 Å². The van der Waals surface area contributed by atoms with Gasteiger partial charge in [0.25, 0.3) is 5.91 Å². The average Bonchev–Trinajstić information content (AvgIpc) is 3.38. The summed E-state index contributed by atoms with van der Waals surface area (Å²) in [5.41, 5.74) is -0.560. The van der Waals surface area contributed by atoms with Crippen LogP contribution in [0.15, 0.2) is 60.7 Å². The van der Waals surface area contributed by atoms with E-state index in [4.69, 9.17) is 4.74 Å². The van der Waals surface area contributed by atoms with Gasteiger partial charge in [-0.2, -0.15) is 13.2 Å². The maximum atomic E-state index is 14.7. The molecule has 1 amide bonds. The third kappa shape index (κ3) is 5.62. The van der Waals surface area contributed by atoms with Gasteiger partial charge in [0.1, 0.15) is 6.61 Å². The molecule has 1 fully saturated rings. The van der Waals surface area contributed by atoms with Crippen molar-refractivity contribution in [3.63, 3.8) is 0 Å². The zero-order valence-corrected chi connectivity index (χ0v) is 18.6. The lowest BCUT2D eigenvalue weighted by atomic mass is 10.1. The Bertz CT molecular complexity index is 1220. The van der Waals surface area contributed by atoms with Gasteiger partial charge in [-0.05, 0) is 48.7 Å². The van der Waals surface area contributed by atoms with E-state index in [1.165, 1.54) is 12.1 Å². The SMILES string of the molecule is O=Cc1cc(C(=O)Nc2ccc(N3CCCC3)c(C(F)(F)F)c2)cc(F)c1OCc1ccccc1. The fourth-order valence-corrected chi connectivity index (χ4v) is 3.99. The molecule has 0 atom stereocenters. The molecule has 182 valence electrons. The number of amides is 1. The Morgan fingerprint density at radius 2 is 1.74 bits per heavy atom. The standard InChI is InChI=1S/C26H22F4N2O3/c27-22-13-18(12-19(15-33)24(22)35-16-17-6-2-1-3-7-17)25(34)31-20-8-9-23(32-10-4-5-11-32)21(14-20)26(28,29)30/h1-3,6-9,12-15H,4-5,10-11,16H2,(H,31,34). The molecule has 1 aliphatic heterocycles. The number of carbonyl (C=O) groups is 2. The van der Waals surface area contributed by atoms with Crippen LogP contribution in [-0.2, 0) is 12.8 Å². The van der Waals surface area contributed by atoms with Crippen molar-refractivity contribution >= 4 is 23.6 Å². The number of carbonyl (C=O) groups excluding carboxylic acids is 2. The number of alkyl halides is 3. The van der Waals surface area contributed by atoms with Crippen molar-refractivity contribution in [2.75, 3.05) is 23.3 Å². The summed E-state index contributed by atoms with van der Waals surface area (Å²) in [5.74, 6) is -2.10. The molecule has 0 spiro atoms. The van der Waals surface area contributed by atoms with E-state index in [0.29, 0.717) is 19.4 Å². The van der Waals surface area contributed by atoms with E-state index in [1.807, 2.05) is 6.07 Å². The summed E-state index contributed by atoms with van der Waals surface area (Å²) in [5, 5.41) is 2.36. The maximum absolute atomic E-state index is 14.7. The van der Waals surface area contributed by atoms with Gasteiger partial charge in [-0.1, -0.05) is 30.3 Å². The molecule has 0 aliphatic carbocycles. The van der Waals surface area contributed by atoms with Crippen LogP contribution in [0.3, 0.4) is 0 Å². The van der Waals surface area contributed by atoms with Crippen LogP contribution in [0.2, 0.25) is 0 Å². The first-order chi connectivity index (χ1) is 16.8. The summed E-state index contributed by atoms with van der Waals surface area (Å²) in [7, 11) is 0. The van der Waals surface area contributed by atoms with Crippen molar-refractivity contribution in [3.8, 4) is 5.75 Å². The number of nitrogens with one attached hydrogen (secondary N) is 1. The summed E-state index contributed by atoms with van der Waals surface area (Å²) in [6.07, 6.45) is -2.64. The van der Waals surface area contributed by atoms with E-state index >= 15 is 0 Å². The fourth-order valence-electron chi connectivity index (χ4n) is 3.99. The predicted octanol–water partition coefficient (Wildman–Crippen LogP) is 6.09. The molecule has 4 rings (SSSR count). The Hall–Kier alpha value is -3.88. The zero-order valence-electron chi connectivity index (χ0n) is 18.6. The van der Waals surface area contributed by atoms with Crippen molar-refractivity contribution in [2.45, 2.75) is 25.6 Å². The van der Waals surface area contributed by atoms with Crippen molar-refractivity contribution in [1.29, 1.82) is 0 Å². The molecule has 0 radical (unpaired) electrons. The monoisotopic (exact) mass is 486 g/mol. The summed E-state index contributed by atoms with van der Waals surface area (Å²) in [6, 6.07) is 14.5. The molecule has 1 heterocycles. The quantitative estimate of drug-likeness (QED) is 0.325. The number of aldehydes is 1. The van der Waals surface area contributed by atoms with E-state index in [2.05, 4.69) is 5.32 Å². The van der Waals surface area contributed by atoms with E-state index in [9.17, 15) is 27.2 Å². The van der Waals surface area contributed by atoms with Crippen LogP contribution in [0.5, 0.6) is 5.75 Å². The molecule has 35 heavy (non-hydrogen) atoms. The third-order valence-corrected chi connectivity index (χ3v) is 5.69. The maximum Gasteiger partial charge on any atom is 0.418 e. The highest BCUT2D eigenvalue weighted by molar-refractivity contribution is 6.05. The Morgan fingerprint density at radius 3 is 2.40 bits per heavy atom. The van der Waals surface area contributed by atoms with Crippen LogP contribution in [-0.4, -0.2) is 25.3 Å². The smallest absolute Gasteiger partial charge is 0.418 e. The van der Waals surface area contributed by atoms with Gasteiger partial charge in [-0.3, -0.25) is 9.59 Å². The van der Waals surface area contributed by atoms with Crippen LogP contribution < -0.4 is 15.0 Å². The molecule has 0 unspecified atom stereocenters. The van der Waals surface area contributed by atoms with Crippen molar-refractivity contribution < 1.29 is 31.9 Å². The number of benzene rings is 3. The Balaban J connectivity index is 1.55. The first-order valence-electron chi connectivity index (χ1n) is 11.0. The number of halogens is 4. The summed E-state index contributed by atoms with van der Waals surface area (Å²) in [4.78, 5) is 25.9. The van der Waals surface area contributed by atoms with Gasteiger partial charge >= 0.3 is 6.18 Å². The minimum atomic E-state index is -4.62. The van der Waals surface area contributed by atoms with Gasteiger partial charge < -0.3 is 15.0 Å². The number of nitrogens with zero attached hydrogens (tertiary/aromatic N) is 1. The molecule has 0 bridgehead atoms. The Morgan fingerprint density at radius 1 is 1.03 bits per heavy atom.